The quantitative estimate of drug-likeness (QED) is 0.150. The van der Waals surface area contributed by atoms with Crippen molar-refractivity contribution in [2.45, 2.75) is 24.7 Å². The third kappa shape index (κ3) is 6.70. The molecule has 77 heavy (non-hydrogen) atoms. The van der Waals surface area contributed by atoms with Crippen LogP contribution in [0, 0.1) is 0 Å². The third-order valence-electron chi connectivity index (χ3n) is 16.8. The van der Waals surface area contributed by atoms with Gasteiger partial charge in [0, 0.05) is 44.3 Å². The first-order valence-electron chi connectivity index (χ1n) is 26.8. The van der Waals surface area contributed by atoms with Gasteiger partial charge in [-0.1, -0.05) is 226 Å². The molecule has 1 aromatic heterocycles. The number of hydrogen-bond donors (Lipinski definition) is 0. The molecule has 0 bridgehead atoms. The molecule has 0 N–H and O–H groups in total. The van der Waals surface area contributed by atoms with Crippen LogP contribution in [0.1, 0.15) is 47.2 Å². The Balaban J connectivity index is 0.927. The zero-order valence-corrected chi connectivity index (χ0v) is 43.0. The van der Waals surface area contributed by atoms with Crippen LogP contribution in [0.2, 0.25) is 0 Å². The van der Waals surface area contributed by atoms with Crippen LogP contribution < -0.4 is 9.80 Å². The summed E-state index contributed by atoms with van der Waals surface area (Å²) in [6.45, 7) is 4.85. The lowest BCUT2D eigenvalue weighted by atomic mass is 9.59. The van der Waals surface area contributed by atoms with E-state index in [1.165, 1.54) is 77.1 Å². The summed E-state index contributed by atoms with van der Waals surface area (Å²) in [6, 6.07) is 106. The van der Waals surface area contributed by atoms with Crippen molar-refractivity contribution in [2.75, 3.05) is 9.80 Å². The maximum atomic E-state index is 2.53. The van der Waals surface area contributed by atoms with E-state index in [1.54, 1.807) is 0 Å². The SMILES string of the molecule is CC1(C)c2ccccc2-c2cccc(C3(c4ccccc4)c4ccccc4N(c4ccc(-c5ccc(N(c6ccccc6)c6cccc7ccccc67)cc5)cc4)c4cc(-n5c6ccccc6c6ccccc65)ccc43)c21. The Kier molecular flexibility index (Phi) is 10.1. The average molecular weight is 984 g/mol. The molecule has 0 saturated carbocycles. The molecule has 1 aliphatic heterocycles. The smallest absolute Gasteiger partial charge is 0.0745 e. The summed E-state index contributed by atoms with van der Waals surface area (Å²) in [5.74, 6) is 0. The van der Waals surface area contributed by atoms with Crippen molar-refractivity contribution in [2.24, 2.45) is 0 Å². The van der Waals surface area contributed by atoms with Gasteiger partial charge < -0.3 is 14.4 Å². The van der Waals surface area contributed by atoms with Gasteiger partial charge in [-0.15, -0.1) is 0 Å². The molecule has 0 spiro atoms. The summed E-state index contributed by atoms with van der Waals surface area (Å²) in [6.07, 6.45) is 0. The molecule has 2 aliphatic rings. The van der Waals surface area contributed by atoms with Crippen molar-refractivity contribution in [3.63, 3.8) is 0 Å². The van der Waals surface area contributed by atoms with Gasteiger partial charge in [-0.25, -0.2) is 0 Å². The van der Waals surface area contributed by atoms with Gasteiger partial charge in [-0.3, -0.25) is 0 Å². The molecule has 13 aromatic rings. The molecule has 2 heterocycles. The van der Waals surface area contributed by atoms with E-state index in [-0.39, 0.29) is 5.41 Å². The van der Waals surface area contributed by atoms with Gasteiger partial charge in [0.05, 0.1) is 33.5 Å². The van der Waals surface area contributed by atoms with Gasteiger partial charge in [-0.2, -0.15) is 0 Å². The zero-order valence-electron chi connectivity index (χ0n) is 43.0. The first-order chi connectivity index (χ1) is 38.0. The lowest BCUT2D eigenvalue weighted by Gasteiger charge is -2.48. The number of aromatic nitrogens is 1. The van der Waals surface area contributed by atoms with Crippen LogP contribution in [-0.2, 0) is 10.8 Å². The molecule has 1 unspecified atom stereocenters. The molecule has 364 valence electrons. The number of fused-ring (bicyclic) bond motifs is 9. The summed E-state index contributed by atoms with van der Waals surface area (Å²) in [4.78, 5) is 4.90. The fraction of sp³-hybridized carbons (Fsp3) is 0.0541. The summed E-state index contributed by atoms with van der Waals surface area (Å²) >= 11 is 0. The predicted octanol–water partition coefficient (Wildman–Crippen LogP) is 19.5. The van der Waals surface area contributed by atoms with Gasteiger partial charge in [0.15, 0.2) is 0 Å². The molecule has 15 rings (SSSR count). The number of anilines is 6. The lowest BCUT2D eigenvalue weighted by molar-refractivity contribution is 0.625. The Labute approximate surface area is 449 Å². The van der Waals surface area contributed by atoms with Gasteiger partial charge in [0.25, 0.3) is 0 Å². The lowest BCUT2D eigenvalue weighted by Crippen LogP contribution is -2.39. The van der Waals surface area contributed by atoms with E-state index in [2.05, 4.69) is 313 Å². The summed E-state index contributed by atoms with van der Waals surface area (Å²) in [7, 11) is 0. The van der Waals surface area contributed by atoms with Crippen LogP contribution in [-0.4, -0.2) is 4.57 Å². The fourth-order valence-electron chi connectivity index (χ4n) is 13.5. The van der Waals surface area contributed by atoms with Gasteiger partial charge in [0.1, 0.15) is 0 Å². The molecule has 0 radical (unpaired) electrons. The summed E-state index contributed by atoms with van der Waals surface area (Å²) in [5, 5.41) is 4.92. The van der Waals surface area contributed by atoms with E-state index >= 15 is 0 Å². The maximum absolute atomic E-state index is 2.53. The largest absolute Gasteiger partial charge is 0.310 e. The minimum absolute atomic E-state index is 0.261. The van der Waals surface area contributed by atoms with Crippen molar-refractivity contribution < 1.29 is 0 Å². The Bertz CT molecular complexity index is 4360. The number of para-hydroxylation sites is 4. The third-order valence-corrected chi connectivity index (χ3v) is 16.8. The second-order valence-corrected chi connectivity index (χ2v) is 21.2. The van der Waals surface area contributed by atoms with E-state index in [4.69, 9.17) is 0 Å². The van der Waals surface area contributed by atoms with Crippen LogP contribution in [0.5, 0.6) is 0 Å². The van der Waals surface area contributed by atoms with Crippen LogP contribution in [0.15, 0.2) is 285 Å². The molecule has 1 atom stereocenters. The highest BCUT2D eigenvalue weighted by Gasteiger charge is 2.51. The first-order valence-corrected chi connectivity index (χ1v) is 26.8. The monoisotopic (exact) mass is 983 g/mol. The Hall–Kier alpha value is -9.70. The highest BCUT2D eigenvalue weighted by molar-refractivity contribution is 6.09. The van der Waals surface area contributed by atoms with Gasteiger partial charge in [0.2, 0.25) is 0 Å². The zero-order chi connectivity index (χ0) is 51.2. The highest BCUT2D eigenvalue weighted by atomic mass is 15.2. The Morgan fingerprint density at radius 2 is 0.870 bits per heavy atom. The molecule has 0 amide bonds. The average Bonchev–Trinajstić information content (AvgIpc) is 4.20. The summed E-state index contributed by atoms with van der Waals surface area (Å²) < 4.78 is 2.46. The number of hydrogen-bond acceptors (Lipinski definition) is 2. The Morgan fingerprint density at radius 1 is 0.351 bits per heavy atom. The van der Waals surface area contributed by atoms with Gasteiger partial charge >= 0.3 is 0 Å². The van der Waals surface area contributed by atoms with E-state index < -0.39 is 5.41 Å². The minimum Gasteiger partial charge on any atom is -0.310 e. The van der Waals surface area contributed by atoms with Crippen molar-refractivity contribution in [1.82, 2.24) is 4.57 Å². The second-order valence-electron chi connectivity index (χ2n) is 21.2. The van der Waals surface area contributed by atoms with Crippen LogP contribution in [0.3, 0.4) is 0 Å². The molecule has 1 aliphatic carbocycles. The standard InChI is InChI=1S/C74H53N3/c1-73(2)63-32-14-11-28-59(63)62-31-20-34-66(72(62)73)74(53-23-5-3-6-24-53)64-33-15-18-37-70(64)76(71-49-57(47-48-65(71)74)77-68-35-16-12-29-60(68)61-30-13-17-36-69(61)77)56-45-41-51(42-46-56)50-39-43-55(44-40-50)75(54-25-7-4-8-26-54)67-38-19-22-52-21-9-10-27-58(52)67/h3-49H,1-2H3. The van der Waals surface area contributed by atoms with E-state index in [1.807, 2.05) is 0 Å². The molecule has 0 saturated heterocycles. The number of nitrogens with zero attached hydrogens (tertiary/aromatic N) is 3. The molecule has 3 heteroatoms. The van der Waals surface area contributed by atoms with Crippen molar-refractivity contribution in [3.05, 3.63) is 318 Å². The topological polar surface area (TPSA) is 11.4 Å². The first kappa shape index (κ1) is 44.8. The molecule has 3 nitrogen and oxygen atoms in total. The van der Waals surface area contributed by atoms with Crippen LogP contribution >= 0.6 is 0 Å². The van der Waals surface area contributed by atoms with Crippen LogP contribution in [0.4, 0.5) is 34.1 Å². The highest BCUT2D eigenvalue weighted by Crippen LogP contribution is 2.62. The molecular formula is C74H53N3. The molecular weight excluding hydrogens is 931 g/mol. The number of rotatable bonds is 8. The predicted molar refractivity (Wildman–Crippen MR) is 323 cm³/mol. The molecule has 12 aromatic carbocycles. The van der Waals surface area contributed by atoms with Crippen molar-refractivity contribution in [3.8, 4) is 27.9 Å². The normalized spacial score (nSPS) is 15.0. The van der Waals surface area contributed by atoms with Gasteiger partial charge in [-0.05, 0) is 134 Å². The summed E-state index contributed by atoms with van der Waals surface area (Å²) in [5.41, 5.74) is 22.0. The van der Waals surface area contributed by atoms with E-state index in [9.17, 15) is 0 Å². The second kappa shape index (κ2) is 17.4. The van der Waals surface area contributed by atoms with Crippen LogP contribution in [0.25, 0.3) is 60.5 Å². The maximum Gasteiger partial charge on any atom is 0.0745 e. The molecule has 0 fully saturated rings. The van der Waals surface area contributed by atoms with Crippen molar-refractivity contribution in [1.29, 1.82) is 0 Å². The minimum atomic E-state index is -0.699. The fourth-order valence-corrected chi connectivity index (χ4v) is 13.5. The van der Waals surface area contributed by atoms with Crippen molar-refractivity contribution >= 4 is 66.7 Å². The Morgan fingerprint density at radius 3 is 1.61 bits per heavy atom. The van der Waals surface area contributed by atoms with E-state index in [0.29, 0.717) is 0 Å². The van der Waals surface area contributed by atoms with E-state index in [0.717, 1.165) is 50.9 Å². The number of benzene rings is 12.